The van der Waals surface area contributed by atoms with E-state index in [0.717, 1.165) is 11.3 Å². The molecule has 2 rings (SSSR count). The average molecular weight is 239 g/mol. The largest absolute Gasteiger partial charge is 0.627 e. The number of rotatable bonds is 4. The predicted molar refractivity (Wildman–Crippen MR) is 77.9 cm³/mol. The van der Waals surface area contributed by atoms with Gasteiger partial charge in [-0.25, -0.2) is 0 Å². The Bertz CT molecular complexity index is 503. The van der Waals surface area contributed by atoms with Gasteiger partial charge in [0.1, 0.15) is 12.2 Å². The van der Waals surface area contributed by atoms with Gasteiger partial charge in [-0.3, -0.25) is 0 Å². The maximum atomic E-state index is 12.4. The van der Waals surface area contributed by atoms with Gasteiger partial charge in [-0.05, 0) is 23.8 Å². The minimum absolute atomic E-state index is 0.385. The highest BCUT2D eigenvalue weighted by molar-refractivity contribution is 5.50. The van der Waals surface area contributed by atoms with E-state index in [9.17, 15) is 5.21 Å². The molecule has 2 heteroatoms. The summed E-state index contributed by atoms with van der Waals surface area (Å²) in [6.07, 6.45) is 3.91. The van der Waals surface area contributed by atoms with Crippen LogP contribution >= 0.6 is 0 Å². The molecule has 92 valence electrons. The first-order chi connectivity index (χ1) is 8.68. The third-order valence-electron chi connectivity index (χ3n) is 2.87. The van der Waals surface area contributed by atoms with Gasteiger partial charge >= 0.3 is 0 Å². The van der Waals surface area contributed by atoms with E-state index in [2.05, 4.69) is 0 Å². The van der Waals surface area contributed by atoms with Gasteiger partial charge in [-0.1, -0.05) is 54.6 Å². The van der Waals surface area contributed by atoms with Gasteiger partial charge in [0.15, 0.2) is 0 Å². The van der Waals surface area contributed by atoms with E-state index < -0.39 is 0 Å². The van der Waals surface area contributed by atoms with Crippen LogP contribution < -0.4 is 4.65 Å². The molecule has 0 aliphatic carbocycles. The van der Waals surface area contributed by atoms with Crippen molar-refractivity contribution in [1.29, 1.82) is 0 Å². The molecular weight excluding hydrogens is 222 g/mol. The number of hydroxylamine groups is 2. The van der Waals surface area contributed by atoms with Gasteiger partial charge < -0.3 is 9.85 Å². The Labute approximate surface area is 108 Å². The Kier molecular flexibility index (Phi) is 3.92. The fraction of sp³-hybridized carbons (Fsp3) is 0.125. The minimum Gasteiger partial charge on any atom is -0.627 e. The second-order valence-corrected chi connectivity index (χ2v) is 4.43. The standard InChI is InChI=1S/C16H17NO/c1-17(18,16-12-6-3-7-13-16)14-8-11-15-9-4-2-5-10-15/h2-13H,14H2,1H3/b11-8-. The van der Waals surface area contributed by atoms with Crippen molar-refractivity contribution in [3.63, 3.8) is 0 Å². The van der Waals surface area contributed by atoms with Gasteiger partial charge in [0.05, 0.1) is 7.05 Å². The Morgan fingerprint density at radius 1 is 0.944 bits per heavy atom. The monoisotopic (exact) mass is 239 g/mol. The van der Waals surface area contributed by atoms with Crippen molar-refractivity contribution in [3.8, 4) is 0 Å². The Hall–Kier alpha value is -1.90. The van der Waals surface area contributed by atoms with E-state index in [1.807, 2.05) is 72.8 Å². The van der Waals surface area contributed by atoms with Crippen LogP contribution in [0.15, 0.2) is 66.7 Å². The van der Waals surface area contributed by atoms with Crippen LogP contribution in [0.4, 0.5) is 5.69 Å². The van der Waals surface area contributed by atoms with Crippen LogP contribution in [0.2, 0.25) is 0 Å². The number of hydrogen-bond donors (Lipinski definition) is 0. The Morgan fingerprint density at radius 3 is 2.11 bits per heavy atom. The summed E-state index contributed by atoms with van der Waals surface area (Å²) in [5, 5.41) is 12.4. The van der Waals surface area contributed by atoms with E-state index in [1.165, 1.54) is 0 Å². The summed E-state index contributed by atoms with van der Waals surface area (Å²) in [7, 11) is 1.67. The molecule has 2 nitrogen and oxygen atoms in total. The van der Waals surface area contributed by atoms with Crippen LogP contribution in [0, 0.1) is 5.21 Å². The van der Waals surface area contributed by atoms with Crippen LogP contribution in [0.5, 0.6) is 0 Å². The zero-order valence-electron chi connectivity index (χ0n) is 10.5. The molecular formula is C16H17NO. The van der Waals surface area contributed by atoms with Crippen molar-refractivity contribution in [3.05, 3.63) is 77.5 Å². The molecule has 0 fully saturated rings. The Balaban J connectivity index is 2.04. The maximum absolute atomic E-state index is 12.4. The predicted octanol–water partition coefficient (Wildman–Crippen LogP) is 3.83. The number of para-hydroxylation sites is 1. The summed E-state index contributed by atoms with van der Waals surface area (Å²) in [5.41, 5.74) is 1.89. The molecule has 0 bridgehead atoms. The van der Waals surface area contributed by atoms with Gasteiger partial charge in [0.2, 0.25) is 0 Å². The SMILES string of the molecule is C[N+]([O-])(C/C=C\c1ccccc1)c1ccccc1. The van der Waals surface area contributed by atoms with Gasteiger partial charge in [0.25, 0.3) is 0 Å². The summed E-state index contributed by atoms with van der Waals surface area (Å²) in [6.45, 7) is 0.429. The molecule has 2 aromatic rings. The first-order valence-corrected chi connectivity index (χ1v) is 6.02. The van der Waals surface area contributed by atoms with Crippen molar-refractivity contribution >= 4 is 11.8 Å². The lowest BCUT2D eigenvalue weighted by atomic mass is 10.2. The highest BCUT2D eigenvalue weighted by atomic mass is 16.5. The molecule has 18 heavy (non-hydrogen) atoms. The molecule has 2 aromatic carbocycles. The van der Waals surface area contributed by atoms with Crippen molar-refractivity contribution in [2.45, 2.75) is 0 Å². The van der Waals surface area contributed by atoms with Crippen molar-refractivity contribution < 1.29 is 0 Å². The zero-order valence-corrected chi connectivity index (χ0v) is 10.5. The lowest BCUT2D eigenvalue weighted by Gasteiger charge is -2.36. The summed E-state index contributed by atoms with van der Waals surface area (Å²) in [4.78, 5) is 0. The summed E-state index contributed by atoms with van der Waals surface area (Å²) < 4.78 is -0.385. The fourth-order valence-corrected chi connectivity index (χ4v) is 1.80. The molecule has 1 unspecified atom stereocenters. The molecule has 0 aliphatic rings. The van der Waals surface area contributed by atoms with E-state index in [-0.39, 0.29) is 4.65 Å². The van der Waals surface area contributed by atoms with Crippen LogP contribution in [0.3, 0.4) is 0 Å². The fourth-order valence-electron chi connectivity index (χ4n) is 1.80. The summed E-state index contributed by atoms with van der Waals surface area (Å²) in [6, 6.07) is 19.4. The second kappa shape index (κ2) is 5.63. The molecule has 0 radical (unpaired) electrons. The molecule has 0 heterocycles. The smallest absolute Gasteiger partial charge is 0.132 e. The third kappa shape index (κ3) is 3.29. The molecule has 0 amide bonds. The lowest BCUT2D eigenvalue weighted by molar-refractivity contribution is 0.494. The first-order valence-electron chi connectivity index (χ1n) is 6.02. The molecule has 0 saturated carbocycles. The van der Waals surface area contributed by atoms with E-state index in [4.69, 9.17) is 0 Å². The lowest BCUT2D eigenvalue weighted by Crippen LogP contribution is -2.38. The zero-order chi connectivity index (χ0) is 12.8. The van der Waals surface area contributed by atoms with E-state index in [1.54, 1.807) is 7.05 Å². The number of nitrogens with zero attached hydrogens (tertiary/aromatic N) is 1. The molecule has 0 N–H and O–H groups in total. The Morgan fingerprint density at radius 2 is 1.50 bits per heavy atom. The molecule has 0 aromatic heterocycles. The second-order valence-electron chi connectivity index (χ2n) is 4.43. The van der Waals surface area contributed by atoms with Crippen LogP contribution in [-0.4, -0.2) is 13.6 Å². The number of quaternary nitrogens is 1. The van der Waals surface area contributed by atoms with Gasteiger partial charge in [-0.15, -0.1) is 0 Å². The highest BCUT2D eigenvalue weighted by Crippen LogP contribution is 2.18. The van der Waals surface area contributed by atoms with Crippen molar-refractivity contribution in [2.24, 2.45) is 0 Å². The summed E-state index contributed by atoms with van der Waals surface area (Å²) in [5.74, 6) is 0. The van der Waals surface area contributed by atoms with Crippen molar-refractivity contribution in [1.82, 2.24) is 4.65 Å². The molecule has 1 atom stereocenters. The third-order valence-corrected chi connectivity index (χ3v) is 2.87. The number of benzene rings is 2. The van der Waals surface area contributed by atoms with Crippen LogP contribution in [-0.2, 0) is 0 Å². The van der Waals surface area contributed by atoms with Crippen molar-refractivity contribution in [2.75, 3.05) is 13.6 Å². The topological polar surface area (TPSA) is 23.1 Å². The minimum atomic E-state index is -0.385. The number of hydrogen-bond acceptors (Lipinski definition) is 1. The molecule has 0 aliphatic heterocycles. The highest BCUT2D eigenvalue weighted by Gasteiger charge is 2.10. The molecule has 0 spiro atoms. The average Bonchev–Trinajstić information content (AvgIpc) is 2.41. The van der Waals surface area contributed by atoms with Gasteiger partial charge in [-0.2, -0.15) is 0 Å². The number of likely N-dealkylation sites (N-methyl/N-ethyl adjacent to an activating group) is 1. The summed E-state index contributed by atoms with van der Waals surface area (Å²) >= 11 is 0. The quantitative estimate of drug-likeness (QED) is 0.587. The first kappa shape index (κ1) is 12.6. The normalized spacial score (nSPS) is 14.6. The maximum Gasteiger partial charge on any atom is 0.132 e. The van der Waals surface area contributed by atoms with Crippen LogP contribution in [0.25, 0.3) is 6.08 Å². The molecule has 0 saturated heterocycles. The van der Waals surface area contributed by atoms with Crippen LogP contribution in [0.1, 0.15) is 5.56 Å². The van der Waals surface area contributed by atoms with E-state index >= 15 is 0 Å². The van der Waals surface area contributed by atoms with Gasteiger partial charge in [0, 0.05) is 0 Å². The van der Waals surface area contributed by atoms with E-state index in [0.29, 0.717) is 6.54 Å².